The van der Waals surface area contributed by atoms with Crippen molar-refractivity contribution in [2.75, 3.05) is 43.5 Å². The number of hydrogen-bond donors (Lipinski definition) is 1. The highest BCUT2D eigenvalue weighted by Crippen LogP contribution is 2.40. The molecule has 1 saturated heterocycles. The number of hydrogen-bond acceptors (Lipinski definition) is 10. The normalized spacial score (nSPS) is 13.8. The number of amides is 1. The molecule has 0 spiro atoms. The number of methoxy groups -OCH3 is 1. The van der Waals surface area contributed by atoms with Gasteiger partial charge in [-0.15, -0.1) is 0 Å². The van der Waals surface area contributed by atoms with E-state index in [1.807, 2.05) is 76.4 Å². The summed E-state index contributed by atoms with van der Waals surface area (Å²) in [5, 5.41) is 8.35. The van der Waals surface area contributed by atoms with Gasteiger partial charge in [-0.1, -0.05) is 0 Å². The molecule has 12 heteroatoms. The van der Waals surface area contributed by atoms with Gasteiger partial charge in [-0.25, -0.2) is 24.3 Å². The molecule has 0 bridgehead atoms. The van der Waals surface area contributed by atoms with Gasteiger partial charge < -0.3 is 29.3 Å². The van der Waals surface area contributed by atoms with Crippen LogP contribution in [0.15, 0.2) is 61.3 Å². The third kappa shape index (κ3) is 5.94. The molecule has 6 rings (SSSR count). The van der Waals surface area contributed by atoms with E-state index in [2.05, 4.69) is 30.3 Å². The first-order valence-electron chi connectivity index (χ1n) is 14.1. The number of pyridine rings is 1. The molecular weight excluding hydrogens is 548 g/mol. The van der Waals surface area contributed by atoms with Gasteiger partial charge in [-0.05, 0) is 69.7 Å². The van der Waals surface area contributed by atoms with Crippen LogP contribution in [0.25, 0.3) is 16.6 Å². The first kappa shape index (κ1) is 28.0. The van der Waals surface area contributed by atoms with Crippen LogP contribution < -0.4 is 19.7 Å². The molecule has 0 atom stereocenters. The first-order valence-corrected chi connectivity index (χ1v) is 14.1. The second-order valence-electron chi connectivity index (χ2n) is 11.3. The summed E-state index contributed by atoms with van der Waals surface area (Å²) in [5.41, 5.74) is 3.64. The number of ether oxygens (including phenoxy) is 3. The highest BCUT2D eigenvalue weighted by molar-refractivity contribution is 6.00. The number of anilines is 3. The Morgan fingerprint density at radius 1 is 0.953 bits per heavy atom. The van der Waals surface area contributed by atoms with E-state index >= 15 is 0 Å². The number of carbonyl (C=O) groups is 1. The predicted molar refractivity (Wildman–Crippen MR) is 164 cm³/mol. The zero-order valence-electron chi connectivity index (χ0n) is 24.9. The molecule has 5 aromatic rings. The lowest BCUT2D eigenvalue weighted by molar-refractivity contribution is 0.0240. The van der Waals surface area contributed by atoms with Gasteiger partial charge in [0.1, 0.15) is 35.6 Å². The highest BCUT2D eigenvalue weighted by Gasteiger charge is 2.28. The fourth-order valence-corrected chi connectivity index (χ4v) is 5.08. The summed E-state index contributed by atoms with van der Waals surface area (Å²) in [6.45, 7) is 9.99. The molecule has 12 nitrogen and oxygen atoms in total. The first-order chi connectivity index (χ1) is 20.7. The van der Waals surface area contributed by atoms with Gasteiger partial charge in [-0.2, -0.15) is 5.10 Å². The van der Waals surface area contributed by atoms with Crippen LogP contribution in [0.5, 0.6) is 17.2 Å². The summed E-state index contributed by atoms with van der Waals surface area (Å²) < 4.78 is 19.3. The van der Waals surface area contributed by atoms with Gasteiger partial charge in [0.05, 0.1) is 23.7 Å². The van der Waals surface area contributed by atoms with Crippen molar-refractivity contribution < 1.29 is 19.0 Å². The number of benzene rings is 2. The van der Waals surface area contributed by atoms with Crippen LogP contribution in [0.4, 0.5) is 22.0 Å². The van der Waals surface area contributed by atoms with Gasteiger partial charge in [-0.3, -0.25) is 0 Å². The maximum absolute atomic E-state index is 12.6. The summed E-state index contributed by atoms with van der Waals surface area (Å²) in [6.07, 6.45) is 4.56. The SMILES string of the molecule is COc1c(N2CCN(C(=O)OC(C)(C)C)CC2)ccc2ncnc(Nc3ccc(Oc4ccn5ncnc5c4)c(C)c3)c12. The quantitative estimate of drug-likeness (QED) is 0.272. The second kappa shape index (κ2) is 11.3. The minimum atomic E-state index is -0.529. The van der Waals surface area contributed by atoms with E-state index < -0.39 is 5.60 Å². The molecule has 1 fully saturated rings. The van der Waals surface area contributed by atoms with Crippen molar-refractivity contribution in [2.45, 2.75) is 33.3 Å². The third-order valence-corrected chi connectivity index (χ3v) is 7.13. The van der Waals surface area contributed by atoms with Crippen LogP contribution in [0, 0.1) is 6.92 Å². The fourth-order valence-electron chi connectivity index (χ4n) is 5.08. The van der Waals surface area contributed by atoms with Gasteiger partial charge in [0.15, 0.2) is 11.4 Å². The lowest BCUT2D eigenvalue weighted by Gasteiger charge is -2.37. The molecule has 1 aliphatic heterocycles. The molecule has 1 aliphatic rings. The zero-order valence-corrected chi connectivity index (χ0v) is 24.9. The van der Waals surface area contributed by atoms with Crippen molar-refractivity contribution in [1.82, 2.24) is 29.5 Å². The average Bonchev–Trinajstić information content (AvgIpc) is 3.45. The largest absolute Gasteiger partial charge is 0.494 e. The van der Waals surface area contributed by atoms with Crippen LogP contribution in [-0.4, -0.2) is 74.4 Å². The minimum absolute atomic E-state index is 0.291. The molecule has 0 unspecified atom stereocenters. The standard InChI is InChI=1S/C31H34N8O4/c1-20-16-21(6-9-25(20)42-22-10-11-39-26(17-22)33-19-35-39)36-29-27-23(32-18-34-29)7-8-24(28(27)41-5)37-12-14-38(15-13-37)30(40)43-31(2,3)4/h6-11,16-19H,12-15H2,1-5H3,(H,32,34,36). The molecule has 1 amide bonds. The van der Waals surface area contributed by atoms with Crippen molar-refractivity contribution in [1.29, 1.82) is 0 Å². The Kier molecular flexibility index (Phi) is 7.34. The minimum Gasteiger partial charge on any atom is -0.494 e. The molecule has 0 aliphatic carbocycles. The lowest BCUT2D eigenvalue weighted by atomic mass is 10.1. The monoisotopic (exact) mass is 582 g/mol. The van der Waals surface area contributed by atoms with Crippen LogP contribution in [0.1, 0.15) is 26.3 Å². The molecule has 4 heterocycles. The predicted octanol–water partition coefficient (Wildman–Crippen LogP) is 5.58. The van der Waals surface area contributed by atoms with Crippen molar-refractivity contribution in [2.24, 2.45) is 0 Å². The number of fused-ring (bicyclic) bond motifs is 2. The summed E-state index contributed by atoms with van der Waals surface area (Å²) >= 11 is 0. The molecule has 3 aromatic heterocycles. The molecule has 1 N–H and O–H groups in total. The van der Waals surface area contributed by atoms with Crippen LogP contribution >= 0.6 is 0 Å². The maximum atomic E-state index is 12.6. The van der Waals surface area contributed by atoms with Gasteiger partial charge in [0.25, 0.3) is 0 Å². The average molecular weight is 583 g/mol. The summed E-state index contributed by atoms with van der Waals surface area (Å²) in [4.78, 5) is 29.8. The van der Waals surface area contributed by atoms with Crippen molar-refractivity contribution >= 4 is 39.8 Å². The summed E-state index contributed by atoms with van der Waals surface area (Å²) in [7, 11) is 1.65. The van der Waals surface area contributed by atoms with E-state index in [-0.39, 0.29) is 6.09 Å². The summed E-state index contributed by atoms with van der Waals surface area (Å²) in [6, 6.07) is 13.5. The Hall–Kier alpha value is -5.13. The number of nitrogens with zero attached hydrogens (tertiary/aromatic N) is 7. The fraction of sp³-hybridized carbons (Fsp3) is 0.323. The topological polar surface area (TPSA) is 119 Å². The van der Waals surface area contributed by atoms with E-state index in [0.717, 1.165) is 33.6 Å². The highest BCUT2D eigenvalue weighted by atomic mass is 16.6. The van der Waals surface area contributed by atoms with E-state index in [0.29, 0.717) is 49.1 Å². The van der Waals surface area contributed by atoms with Crippen LogP contribution in [0.2, 0.25) is 0 Å². The molecule has 0 radical (unpaired) electrons. The van der Waals surface area contributed by atoms with Gasteiger partial charge >= 0.3 is 6.09 Å². The number of carbonyl (C=O) groups excluding carboxylic acids is 1. The Labute approximate surface area is 249 Å². The third-order valence-electron chi connectivity index (χ3n) is 7.13. The van der Waals surface area contributed by atoms with Crippen LogP contribution in [0.3, 0.4) is 0 Å². The number of piperazine rings is 1. The molecule has 43 heavy (non-hydrogen) atoms. The molecule has 222 valence electrons. The number of aromatic nitrogens is 5. The Balaban J connectivity index is 1.22. The Bertz CT molecular complexity index is 1790. The van der Waals surface area contributed by atoms with E-state index in [9.17, 15) is 4.79 Å². The molecule has 2 aromatic carbocycles. The molecular formula is C31H34N8O4. The number of aryl methyl sites for hydroxylation is 1. The Morgan fingerprint density at radius 2 is 1.77 bits per heavy atom. The lowest BCUT2D eigenvalue weighted by Crippen LogP contribution is -2.50. The summed E-state index contributed by atoms with van der Waals surface area (Å²) in [5.74, 6) is 2.70. The van der Waals surface area contributed by atoms with Crippen molar-refractivity contribution in [3.63, 3.8) is 0 Å². The Morgan fingerprint density at radius 3 is 2.51 bits per heavy atom. The zero-order chi connectivity index (χ0) is 30.1. The van der Waals surface area contributed by atoms with E-state index in [1.54, 1.807) is 16.5 Å². The maximum Gasteiger partial charge on any atom is 0.410 e. The van der Waals surface area contributed by atoms with E-state index in [4.69, 9.17) is 14.2 Å². The van der Waals surface area contributed by atoms with Crippen molar-refractivity contribution in [3.8, 4) is 17.2 Å². The van der Waals surface area contributed by atoms with E-state index in [1.165, 1.54) is 12.7 Å². The number of nitrogens with one attached hydrogen (secondary N) is 1. The van der Waals surface area contributed by atoms with Gasteiger partial charge in [0.2, 0.25) is 0 Å². The van der Waals surface area contributed by atoms with Gasteiger partial charge in [0, 0.05) is 44.1 Å². The molecule has 0 saturated carbocycles. The number of rotatable bonds is 6. The second-order valence-corrected chi connectivity index (χ2v) is 11.3. The van der Waals surface area contributed by atoms with Crippen molar-refractivity contribution in [3.05, 3.63) is 66.9 Å². The smallest absolute Gasteiger partial charge is 0.410 e. The van der Waals surface area contributed by atoms with Crippen LogP contribution in [-0.2, 0) is 4.74 Å².